The second-order valence-corrected chi connectivity index (χ2v) is 5.28. The molecule has 2 rings (SSSR count). The van der Waals surface area contributed by atoms with Crippen LogP contribution in [0.3, 0.4) is 0 Å². The maximum atomic E-state index is 12.4. The number of carbonyl (C=O) groups is 1. The quantitative estimate of drug-likeness (QED) is 0.801. The van der Waals surface area contributed by atoms with E-state index < -0.39 is 0 Å². The molecule has 0 atom stereocenters. The Morgan fingerprint density at radius 1 is 1.24 bits per heavy atom. The first-order valence-corrected chi connectivity index (χ1v) is 6.65. The number of nitrogens with two attached hydrogens (primary N) is 1. The van der Waals surface area contributed by atoms with Crippen LogP contribution in [0.25, 0.3) is 0 Å². The van der Waals surface area contributed by atoms with Crippen molar-refractivity contribution in [3.8, 4) is 6.07 Å². The van der Waals surface area contributed by atoms with Crippen molar-refractivity contribution in [1.82, 2.24) is 4.90 Å². The van der Waals surface area contributed by atoms with Gasteiger partial charge in [-0.25, -0.2) is 0 Å². The summed E-state index contributed by atoms with van der Waals surface area (Å²) in [5.41, 5.74) is 5.86. The molecule has 0 aromatic heterocycles. The molecule has 4 heteroatoms. The molecule has 0 spiro atoms. The van der Waals surface area contributed by atoms with Crippen LogP contribution in [0.4, 0.5) is 0 Å². The maximum absolute atomic E-state index is 12.4. The van der Waals surface area contributed by atoms with Crippen LogP contribution in [0, 0.1) is 17.2 Å². The van der Waals surface area contributed by atoms with E-state index in [1.165, 1.54) is 0 Å². The molecular formula is C13H21N3O. The minimum atomic E-state index is 0.161. The van der Waals surface area contributed by atoms with Crippen LogP contribution in [0.5, 0.6) is 0 Å². The largest absolute Gasteiger partial charge is 0.338 e. The molecule has 4 nitrogen and oxygen atoms in total. The number of hydrogen-bond donors (Lipinski definition) is 1. The molecule has 0 unspecified atom stereocenters. The van der Waals surface area contributed by atoms with Crippen LogP contribution in [-0.4, -0.2) is 29.4 Å². The number of rotatable bonds is 4. The van der Waals surface area contributed by atoms with E-state index in [4.69, 9.17) is 11.0 Å². The van der Waals surface area contributed by atoms with Crippen molar-refractivity contribution in [3.05, 3.63) is 0 Å². The molecular weight excluding hydrogens is 214 g/mol. The lowest BCUT2D eigenvalue weighted by Gasteiger charge is -2.30. The van der Waals surface area contributed by atoms with E-state index in [2.05, 4.69) is 6.07 Å². The molecule has 0 aromatic rings. The topological polar surface area (TPSA) is 70.1 Å². The molecule has 2 aliphatic carbocycles. The zero-order chi connectivity index (χ0) is 12.3. The highest BCUT2D eigenvalue weighted by Crippen LogP contribution is 2.32. The van der Waals surface area contributed by atoms with Gasteiger partial charge >= 0.3 is 0 Å². The third-order valence-corrected chi connectivity index (χ3v) is 3.86. The first-order chi connectivity index (χ1) is 8.22. The smallest absolute Gasteiger partial charge is 0.225 e. The Morgan fingerprint density at radius 2 is 1.88 bits per heavy atom. The highest BCUT2D eigenvalue weighted by Gasteiger charge is 2.36. The van der Waals surface area contributed by atoms with Crippen LogP contribution in [-0.2, 0) is 4.79 Å². The second kappa shape index (κ2) is 5.50. The zero-order valence-electron chi connectivity index (χ0n) is 10.3. The van der Waals surface area contributed by atoms with Gasteiger partial charge in [-0.05, 0) is 38.5 Å². The molecule has 2 fully saturated rings. The van der Waals surface area contributed by atoms with E-state index in [0.29, 0.717) is 19.0 Å². The van der Waals surface area contributed by atoms with Crippen molar-refractivity contribution in [2.24, 2.45) is 11.7 Å². The number of carbonyl (C=O) groups excluding carboxylic acids is 1. The first-order valence-electron chi connectivity index (χ1n) is 6.65. The molecule has 0 heterocycles. The maximum Gasteiger partial charge on any atom is 0.225 e. The molecule has 1 amide bonds. The SMILES string of the molecule is N#CCCN(C(=O)C1CCC(N)CC1)C1CC1. The molecule has 2 N–H and O–H groups in total. The third kappa shape index (κ3) is 3.19. The predicted octanol–water partition coefficient (Wildman–Crippen LogP) is 1.41. The van der Waals surface area contributed by atoms with E-state index in [-0.39, 0.29) is 17.9 Å². The molecule has 0 saturated heterocycles. The van der Waals surface area contributed by atoms with Gasteiger partial charge in [0.1, 0.15) is 0 Å². The van der Waals surface area contributed by atoms with Gasteiger partial charge in [0, 0.05) is 24.5 Å². The summed E-state index contributed by atoms with van der Waals surface area (Å²) < 4.78 is 0. The summed E-state index contributed by atoms with van der Waals surface area (Å²) in [6.07, 6.45) is 6.47. The second-order valence-electron chi connectivity index (χ2n) is 5.28. The Morgan fingerprint density at radius 3 is 2.41 bits per heavy atom. The van der Waals surface area contributed by atoms with Gasteiger partial charge < -0.3 is 10.6 Å². The Labute approximate surface area is 103 Å². The van der Waals surface area contributed by atoms with Crippen molar-refractivity contribution >= 4 is 5.91 Å². The highest BCUT2D eigenvalue weighted by molar-refractivity contribution is 5.79. The lowest BCUT2D eigenvalue weighted by molar-refractivity contribution is -0.137. The molecule has 0 aliphatic heterocycles. The number of amides is 1. The van der Waals surface area contributed by atoms with Gasteiger partial charge in [0.25, 0.3) is 0 Å². The Hall–Kier alpha value is -1.08. The summed E-state index contributed by atoms with van der Waals surface area (Å²) in [5.74, 6) is 0.434. The molecule has 0 aromatic carbocycles. The fourth-order valence-electron chi connectivity index (χ4n) is 2.63. The first kappa shape index (κ1) is 12.4. The van der Waals surface area contributed by atoms with E-state index in [1.54, 1.807) is 0 Å². The lowest BCUT2D eigenvalue weighted by atomic mass is 9.85. The third-order valence-electron chi connectivity index (χ3n) is 3.86. The van der Waals surface area contributed by atoms with Gasteiger partial charge in [-0.3, -0.25) is 4.79 Å². The summed E-state index contributed by atoms with van der Waals surface area (Å²) in [7, 11) is 0. The van der Waals surface area contributed by atoms with Gasteiger partial charge in [-0.2, -0.15) is 5.26 Å². The molecule has 17 heavy (non-hydrogen) atoms. The molecule has 94 valence electrons. The van der Waals surface area contributed by atoms with Crippen LogP contribution >= 0.6 is 0 Å². The standard InChI is InChI=1S/C13H21N3O/c14-8-1-9-16(12-6-7-12)13(17)10-2-4-11(15)5-3-10/h10-12H,1-7,9,15H2. The molecule has 0 bridgehead atoms. The van der Waals surface area contributed by atoms with Crippen molar-refractivity contribution < 1.29 is 4.79 Å². The number of hydrogen-bond acceptors (Lipinski definition) is 3. The number of nitrogens with zero attached hydrogens (tertiary/aromatic N) is 2. The van der Waals surface area contributed by atoms with E-state index in [9.17, 15) is 4.79 Å². The average Bonchev–Trinajstić information content (AvgIpc) is 3.14. The van der Waals surface area contributed by atoms with Crippen LogP contribution in [0.1, 0.15) is 44.9 Å². The van der Waals surface area contributed by atoms with Crippen molar-refractivity contribution in [2.45, 2.75) is 57.0 Å². The summed E-state index contributed by atoms with van der Waals surface area (Å²) in [4.78, 5) is 14.3. The molecule has 0 radical (unpaired) electrons. The van der Waals surface area contributed by atoms with Crippen LogP contribution < -0.4 is 5.73 Å². The minimum absolute atomic E-state index is 0.161. The molecule has 2 aliphatic rings. The van der Waals surface area contributed by atoms with E-state index >= 15 is 0 Å². The van der Waals surface area contributed by atoms with Gasteiger partial charge in [0.05, 0.1) is 12.5 Å². The van der Waals surface area contributed by atoms with E-state index in [0.717, 1.165) is 38.5 Å². The van der Waals surface area contributed by atoms with Crippen molar-refractivity contribution in [3.63, 3.8) is 0 Å². The predicted molar refractivity (Wildman–Crippen MR) is 64.9 cm³/mol. The lowest BCUT2D eigenvalue weighted by Crippen LogP contribution is -2.41. The summed E-state index contributed by atoms with van der Waals surface area (Å²) in [6.45, 7) is 0.614. The average molecular weight is 235 g/mol. The Balaban J connectivity index is 1.89. The Bertz CT molecular complexity index is 311. The van der Waals surface area contributed by atoms with E-state index in [1.807, 2.05) is 4.90 Å². The normalized spacial score (nSPS) is 28.5. The van der Waals surface area contributed by atoms with Gasteiger partial charge in [0.15, 0.2) is 0 Å². The van der Waals surface area contributed by atoms with Gasteiger partial charge in [0.2, 0.25) is 5.91 Å². The summed E-state index contributed by atoms with van der Waals surface area (Å²) in [5, 5.41) is 8.64. The fraction of sp³-hybridized carbons (Fsp3) is 0.846. The monoisotopic (exact) mass is 235 g/mol. The van der Waals surface area contributed by atoms with Crippen molar-refractivity contribution in [2.75, 3.05) is 6.54 Å². The van der Waals surface area contributed by atoms with Crippen LogP contribution in [0.15, 0.2) is 0 Å². The zero-order valence-corrected chi connectivity index (χ0v) is 10.3. The van der Waals surface area contributed by atoms with Crippen molar-refractivity contribution in [1.29, 1.82) is 5.26 Å². The van der Waals surface area contributed by atoms with Gasteiger partial charge in [-0.15, -0.1) is 0 Å². The Kier molecular flexibility index (Phi) is 4.01. The number of nitriles is 1. The van der Waals surface area contributed by atoms with Gasteiger partial charge in [-0.1, -0.05) is 0 Å². The summed E-state index contributed by atoms with van der Waals surface area (Å²) in [6, 6.07) is 2.84. The molecule has 2 saturated carbocycles. The fourth-order valence-corrected chi connectivity index (χ4v) is 2.63. The minimum Gasteiger partial charge on any atom is -0.338 e. The summed E-state index contributed by atoms with van der Waals surface area (Å²) >= 11 is 0. The van der Waals surface area contributed by atoms with Crippen LogP contribution in [0.2, 0.25) is 0 Å². The highest BCUT2D eigenvalue weighted by atomic mass is 16.2.